The zero-order valence-electron chi connectivity index (χ0n) is 11.3. The molecule has 2 N–H and O–H groups in total. The Bertz CT molecular complexity index is 491. The van der Waals surface area contributed by atoms with E-state index in [0.29, 0.717) is 5.25 Å². The molecule has 0 radical (unpaired) electrons. The molecule has 0 bridgehead atoms. The zero-order valence-corrected chi connectivity index (χ0v) is 12.1. The monoisotopic (exact) mass is 298 g/mol. The number of amides is 1. The largest absolute Gasteiger partial charge is 0.480 e. The summed E-state index contributed by atoms with van der Waals surface area (Å²) in [6, 6.07) is 0.177. The van der Waals surface area contributed by atoms with Crippen molar-refractivity contribution in [1.29, 1.82) is 0 Å². The van der Waals surface area contributed by atoms with Gasteiger partial charge in [0.2, 0.25) is 0 Å². The first-order chi connectivity index (χ1) is 9.58. The van der Waals surface area contributed by atoms with Gasteiger partial charge in [-0.1, -0.05) is 12.1 Å². The van der Waals surface area contributed by atoms with Crippen LogP contribution >= 0.6 is 11.8 Å². The summed E-state index contributed by atoms with van der Waals surface area (Å²) in [5.41, 5.74) is 0.165. The summed E-state index contributed by atoms with van der Waals surface area (Å²) in [5, 5.41) is 19.5. The van der Waals surface area contributed by atoms with Gasteiger partial charge < -0.3 is 10.4 Å². The van der Waals surface area contributed by atoms with Gasteiger partial charge in [0.25, 0.3) is 5.91 Å². The van der Waals surface area contributed by atoms with Gasteiger partial charge in [-0.25, -0.2) is 4.68 Å². The summed E-state index contributed by atoms with van der Waals surface area (Å²) in [6.45, 7) is 1.84. The molecule has 0 aromatic carbocycles. The van der Waals surface area contributed by atoms with Crippen LogP contribution in [-0.2, 0) is 11.3 Å². The molecule has 2 rings (SSSR count). The van der Waals surface area contributed by atoms with Gasteiger partial charge in [0.15, 0.2) is 5.69 Å². The van der Waals surface area contributed by atoms with Crippen LogP contribution in [0.3, 0.4) is 0 Å². The lowest BCUT2D eigenvalue weighted by atomic mass is 10.2. The Hall–Kier alpha value is -1.57. The molecule has 1 fully saturated rings. The van der Waals surface area contributed by atoms with E-state index in [2.05, 4.69) is 22.6 Å². The molecule has 1 amide bonds. The smallest absolute Gasteiger partial charge is 0.325 e. The van der Waals surface area contributed by atoms with Crippen molar-refractivity contribution in [3.63, 3.8) is 0 Å². The number of hydrogen-bond acceptors (Lipinski definition) is 5. The maximum Gasteiger partial charge on any atom is 0.325 e. The van der Waals surface area contributed by atoms with Crippen molar-refractivity contribution < 1.29 is 14.7 Å². The van der Waals surface area contributed by atoms with Crippen molar-refractivity contribution in [1.82, 2.24) is 20.3 Å². The molecule has 1 aromatic heterocycles. The first kappa shape index (κ1) is 14.8. The minimum Gasteiger partial charge on any atom is -0.480 e. The third kappa shape index (κ3) is 3.96. The average Bonchev–Trinajstić information content (AvgIpc) is 2.99. The van der Waals surface area contributed by atoms with Gasteiger partial charge in [0.1, 0.15) is 6.54 Å². The van der Waals surface area contributed by atoms with Gasteiger partial charge in [-0.05, 0) is 25.0 Å². The minimum atomic E-state index is -1.02. The van der Waals surface area contributed by atoms with Crippen molar-refractivity contribution in [3.05, 3.63) is 11.9 Å². The molecular weight excluding hydrogens is 280 g/mol. The molecule has 1 aliphatic carbocycles. The van der Waals surface area contributed by atoms with E-state index in [1.807, 2.05) is 11.8 Å². The Morgan fingerprint density at radius 2 is 2.35 bits per heavy atom. The van der Waals surface area contributed by atoms with Crippen LogP contribution in [0.4, 0.5) is 0 Å². The highest BCUT2D eigenvalue weighted by Gasteiger charge is 2.26. The maximum absolute atomic E-state index is 12.0. The Morgan fingerprint density at radius 1 is 1.55 bits per heavy atom. The number of hydrogen-bond donors (Lipinski definition) is 2. The van der Waals surface area contributed by atoms with Gasteiger partial charge in [-0.2, -0.15) is 11.8 Å². The van der Waals surface area contributed by atoms with Crippen LogP contribution < -0.4 is 5.32 Å². The summed E-state index contributed by atoms with van der Waals surface area (Å²) >= 11 is 1.93. The molecule has 1 aromatic rings. The van der Waals surface area contributed by atoms with E-state index in [1.165, 1.54) is 6.20 Å². The molecule has 1 saturated carbocycles. The minimum absolute atomic E-state index is 0.165. The second-order valence-corrected chi connectivity index (χ2v) is 6.33. The first-order valence-electron chi connectivity index (χ1n) is 6.63. The number of nitrogens with zero attached hydrogens (tertiary/aromatic N) is 3. The number of carboxylic acids is 1. The van der Waals surface area contributed by atoms with Crippen LogP contribution in [0.15, 0.2) is 6.20 Å². The molecule has 1 heterocycles. The first-order valence-corrected chi connectivity index (χ1v) is 7.67. The normalized spacial score (nSPS) is 21.9. The fourth-order valence-corrected chi connectivity index (χ4v) is 3.48. The van der Waals surface area contributed by atoms with Crippen molar-refractivity contribution in [2.45, 2.75) is 44.0 Å². The highest BCUT2D eigenvalue weighted by molar-refractivity contribution is 7.99. The maximum atomic E-state index is 12.0. The average molecular weight is 298 g/mol. The number of carbonyl (C=O) groups is 2. The molecule has 2 unspecified atom stereocenters. The lowest BCUT2D eigenvalue weighted by Crippen LogP contribution is -2.33. The van der Waals surface area contributed by atoms with Crippen LogP contribution in [0.2, 0.25) is 0 Å². The van der Waals surface area contributed by atoms with Gasteiger partial charge in [-0.3, -0.25) is 9.59 Å². The van der Waals surface area contributed by atoms with Gasteiger partial charge in [-0.15, -0.1) is 5.10 Å². The number of aromatic nitrogens is 3. The molecule has 0 spiro atoms. The predicted octanol–water partition coefficient (Wildman–Crippen LogP) is 0.767. The van der Waals surface area contributed by atoms with Crippen LogP contribution in [0.25, 0.3) is 0 Å². The highest BCUT2D eigenvalue weighted by Crippen LogP contribution is 2.29. The SMILES string of the molecule is CCSC1CCC(NC(=O)c2cn(CC(=O)O)nn2)C1. The summed E-state index contributed by atoms with van der Waals surface area (Å²) < 4.78 is 1.14. The number of carbonyl (C=O) groups excluding carboxylic acids is 1. The van der Waals surface area contributed by atoms with E-state index in [9.17, 15) is 9.59 Å². The molecule has 20 heavy (non-hydrogen) atoms. The Labute approximate surface area is 121 Å². The number of thioether (sulfide) groups is 1. The van der Waals surface area contributed by atoms with E-state index < -0.39 is 5.97 Å². The number of rotatable bonds is 6. The molecule has 2 atom stereocenters. The summed E-state index contributed by atoms with van der Waals surface area (Å²) in [4.78, 5) is 22.5. The van der Waals surface area contributed by atoms with Crippen LogP contribution in [0, 0.1) is 0 Å². The molecule has 0 saturated heterocycles. The third-order valence-electron chi connectivity index (χ3n) is 3.19. The van der Waals surface area contributed by atoms with E-state index in [4.69, 9.17) is 5.11 Å². The summed E-state index contributed by atoms with van der Waals surface area (Å²) in [5.74, 6) is -0.208. The lowest BCUT2D eigenvalue weighted by molar-refractivity contribution is -0.137. The van der Waals surface area contributed by atoms with Gasteiger partial charge in [0, 0.05) is 11.3 Å². The van der Waals surface area contributed by atoms with Crippen molar-refractivity contribution in [2.24, 2.45) is 0 Å². The van der Waals surface area contributed by atoms with Crippen LogP contribution in [0.1, 0.15) is 36.7 Å². The molecule has 8 heteroatoms. The predicted molar refractivity (Wildman–Crippen MR) is 74.7 cm³/mol. The number of carboxylic acid groups (broad SMARTS) is 1. The van der Waals surface area contributed by atoms with E-state index in [1.54, 1.807) is 0 Å². The van der Waals surface area contributed by atoms with Crippen LogP contribution in [-0.4, -0.2) is 49.0 Å². The molecule has 0 aliphatic heterocycles. The standard InChI is InChI=1S/C12H18N4O3S/c1-2-20-9-4-3-8(5-9)13-12(19)10-6-16(15-14-10)7-11(17)18/h6,8-9H,2-5,7H2,1H3,(H,13,19)(H,17,18). The fraction of sp³-hybridized carbons (Fsp3) is 0.667. The van der Waals surface area contributed by atoms with Crippen molar-refractivity contribution in [2.75, 3.05) is 5.75 Å². The zero-order chi connectivity index (χ0) is 14.5. The lowest BCUT2D eigenvalue weighted by Gasteiger charge is -2.11. The Kier molecular flexibility index (Phi) is 4.99. The second-order valence-electron chi connectivity index (χ2n) is 4.76. The van der Waals surface area contributed by atoms with Gasteiger partial charge >= 0.3 is 5.97 Å². The van der Waals surface area contributed by atoms with Crippen molar-refractivity contribution >= 4 is 23.6 Å². The second kappa shape index (κ2) is 6.74. The molecule has 1 aliphatic rings. The van der Waals surface area contributed by atoms with Crippen molar-refractivity contribution in [3.8, 4) is 0 Å². The number of nitrogens with one attached hydrogen (secondary N) is 1. The third-order valence-corrected chi connectivity index (χ3v) is 4.42. The quantitative estimate of drug-likeness (QED) is 0.805. The Morgan fingerprint density at radius 3 is 3.05 bits per heavy atom. The van der Waals surface area contributed by atoms with E-state index in [0.717, 1.165) is 29.7 Å². The number of aliphatic carboxylic acids is 1. The Balaban J connectivity index is 1.86. The molecule has 7 nitrogen and oxygen atoms in total. The molecular formula is C12H18N4O3S. The highest BCUT2D eigenvalue weighted by atomic mass is 32.2. The topological polar surface area (TPSA) is 97.1 Å². The van der Waals surface area contributed by atoms with Gasteiger partial charge in [0.05, 0.1) is 6.20 Å². The van der Waals surface area contributed by atoms with E-state index in [-0.39, 0.29) is 24.2 Å². The summed E-state index contributed by atoms with van der Waals surface area (Å²) in [6.07, 6.45) is 4.44. The molecule has 110 valence electrons. The van der Waals surface area contributed by atoms with E-state index >= 15 is 0 Å². The summed E-state index contributed by atoms with van der Waals surface area (Å²) in [7, 11) is 0. The van der Waals surface area contributed by atoms with Crippen LogP contribution in [0.5, 0.6) is 0 Å². The fourth-order valence-electron chi connectivity index (χ4n) is 2.34.